The zero-order valence-electron chi connectivity index (χ0n) is 17.6. The van der Waals surface area contributed by atoms with Gasteiger partial charge >= 0.3 is 0 Å². The number of hydrogen-bond donors (Lipinski definition) is 2. The fraction of sp³-hybridized carbons (Fsp3) is 0.292. The van der Waals surface area contributed by atoms with Crippen LogP contribution in [0.4, 0.5) is 0 Å². The molecule has 7 heteroatoms. The lowest BCUT2D eigenvalue weighted by Crippen LogP contribution is -2.20. The molecule has 2 amide bonds. The van der Waals surface area contributed by atoms with Crippen molar-refractivity contribution in [3.8, 4) is 16.9 Å². The molecular formula is C24H22N4O3. The van der Waals surface area contributed by atoms with E-state index in [1.165, 1.54) is 0 Å². The minimum Gasteiger partial charge on any atom is -0.508 e. The summed E-state index contributed by atoms with van der Waals surface area (Å²) in [5, 5.41) is 18.9. The molecule has 2 aromatic carbocycles. The normalized spacial score (nSPS) is 15.0. The lowest BCUT2D eigenvalue weighted by molar-refractivity contribution is 0.0880. The summed E-state index contributed by atoms with van der Waals surface area (Å²) in [6.07, 6.45) is 3.46. The molecule has 0 radical (unpaired) electrons. The van der Waals surface area contributed by atoms with E-state index in [4.69, 9.17) is 0 Å². The molecule has 4 aromatic rings. The number of aromatic hydroxyl groups is 1. The Kier molecular flexibility index (Phi) is 3.50. The van der Waals surface area contributed by atoms with Crippen LogP contribution in [0, 0.1) is 5.92 Å². The minimum atomic E-state index is -0.379. The van der Waals surface area contributed by atoms with Gasteiger partial charge in [-0.05, 0) is 42.5 Å². The van der Waals surface area contributed by atoms with Crippen LogP contribution >= 0.6 is 0 Å². The zero-order chi connectivity index (χ0) is 21.6. The summed E-state index contributed by atoms with van der Waals surface area (Å²) in [5.74, 6) is -0.220. The van der Waals surface area contributed by atoms with Crippen molar-refractivity contribution >= 4 is 33.6 Å². The number of phenolic OH excluding ortho intramolecular Hbond substituents is 1. The lowest BCUT2D eigenvalue weighted by atomic mass is 9.82. The standard InChI is InChI=1S/C24H22N4O3/c1-11(2)9-28-17-7-4-12(29)8-14(17)19-21-20(23(30)25-24(21)31)18-13(22(19)28)5-6-16-15(18)10-27(3)26-16/h4,7-8,10-11,29H,5-6,9H2,1-3H3,(H,25,30,31). The quantitative estimate of drug-likeness (QED) is 0.491. The summed E-state index contributed by atoms with van der Waals surface area (Å²) in [7, 11) is 1.88. The first kappa shape index (κ1) is 18.2. The van der Waals surface area contributed by atoms with Crippen LogP contribution in [0.5, 0.6) is 5.75 Å². The van der Waals surface area contributed by atoms with E-state index < -0.39 is 0 Å². The number of nitrogens with zero attached hydrogens (tertiary/aromatic N) is 3. The Morgan fingerprint density at radius 2 is 1.90 bits per heavy atom. The third kappa shape index (κ3) is 2.31. The number of phenols is 1. The Morgan fingerprint density at radius 3 is 2.68 bits per heavy atom. The maximum Gasteiger partial charge on any atom is 0.259 e. The van der Waals surface area contributed by atoms with Gasteiger partial charge in [-0.1, -0.05) is 13.8 Å². The Labute approximate surface area is 178 Å². The molecule has 2 aliphatic rings. The van der Waals surface area contributed by atoms with E-state index in [9.17, 15) is 14.7 Å². The van der Waals surface area contributed by atoms with Gasteiger partial charge in [-0.2, -0.15) is 5.10 Å². The first-order chi connectivity index (χ1) is 14.8. The van der Waals surface area contributed by atoms with Gasteiger partial charge < -0.3 is 9.67 Å². The van der Waals surface area contributed by atoms with Crippen LogP contribution in [0.25, 0.3) is 32.9 Å². The van der Waals surface area contributed by atoms with Crippen molar-refractivity contribution in [2.45, 2.75) is 33.2 Å². The SMILES string of the molecule is CC(C)Cn1c2ccc(O)cc2c2c3c(c4c(c21)CCc1nn(C)cc1-4)C(=O)NC3=O. The summed E-state index contributed by atoms with van der Waals surface area (Å²) in [4.78, 5) is 26.0. The number of carbonyl (C=O) groups excluding carboxylic acids is 2. The van der Waals surface area contributed by atoms with Crippen molar-refractivity contribution in [2.75, 3.05) is 0 Å². The number of fused-ring (bicyclic) bond motifs is 10. The van der Waals surface area contributed by atoms with Gasteiger partial charge in [-0.15, -0.1) is 0 Å². The third-order valence-electron chi connectivity index (χ3n) is 6.40. The largest absolute Gasteiger partial charge is 0.508 e. The molecule has 2 aromatic heterocycles. The number of nitrogens with one attached hydrogen (secondary N) is 1. The van der Waals surface area contributed by atoms with Crippen LogP contribution < -0.4 is 5.32 Å². The van der Waals surface area contributed by atoms with Crippen molar-refractivity contribution in [1.82, 2.24) is 19.7 Å². The second-order valence-corrected chi connectivity index (χ2v) is 8.98. The van der Waals surface area contributed by atoms with Crippen LogP contribution in [-0.2, 0) is 26.4 Å². The van der Waals surface area contributed by atoms with E-state index in [0.717, 1.165) is 63.6 Å². The molecule has 1 aliphatic heterocycles. The average molecular weight is 414 g/mol. The number of imide groups is 1. The van der Waals surface area contributed by atoms with Gasteiger partial charge in [0.05, 0.1) is 22.3 Å². The Hall–Kier alpha value is -3.61. The number of amides is 2. The Bertz CT molecular complexity index is 1470. The van der Waals surface area contributed by atoms with E-state index in [-0.39, 0.29) is 17.6 Å². The van der Waals surface area contributed by atoms with Crippen molar-refractivity contribution < 1.29 is 14.7 Å². The molecule has 0 unspecified atom stereocenters. The number of hydrogen-bond acceptors (Lipinski definition) is 4. The number of benzene rings is 2. The summed E-state index contributed by atoms with van der Waals surface area (Å²) < 4.78 is 4.03. The molecule has 31 heavy (non-hydrogen) atoms. The van der Waals surface area contributed by atoms with E-state index >= 15 is 0 Å². The molecule has 0 spiro atoms. The summed E-state index contributed by atoms with van der Waals surface area (Å²) in [6, 6.07) is 5.28. The number of carbonyl (C=O) groups is 2. The molecule has 0 saturated heterocycles. The van der Waals surface area contributed by atoms with Gasteiger partial charge in [0, 0.05) is 47.2 Å². The predicted molar refractivity (Wildman–Crippen MR) is 117 cm³/mol. The van der Waals surface area contributed by atoms with E-state index in [0.29, 0.717) is 17.0 Å². The average Bonchev–Trinajstić information content (AvgIpc) is 3.32. The van der Waals surface area contributed by atoms with Crippen molar-refractivity contribution in [3.63, 3.8) is 0 Å². The predicted octanol–water partition coefficient (Wildman–Crippen LogP) is 3.54. The van der Waals surface area contributed by atoms with Crippen molar-refractivity contribution in [3.05, 3.63) is 46.8 Å². The smallest absolute Gasteiger partial charge is 0.259 e. The molecule has 0 bridgehead atoms. The second kappa shape index (κ2) is 5.97. The summed E-state index contributed by atoms with van der Waals surface area (Å²) >= 11 is 0. The van der Waals surface area contributed by atoms with Crippen LogP contribution in [0.15, 0.2) is 24.4 Å². The minimum absolute atomic E-state index is 0.141. The molecule has 0 atom stereocenters. The van der Waals surface area contributed by atoms with Crippen LogP contribution in [0.2, 0.25) is 0 Å². The third-order valence-corrected chi connectivity index (χ3v) is 6.40. The summed E-state index contributed by atoms with van der Waals surface area (Å²) in [5.41, 5.74) is 6.59. The fourth-order valence-corrected chi connectivity index (χ4v) is 5.38. The topological polar surface area (TPSA) is 89.2 Å². The van der Waals surface area contributed by atoms with Crippen molar-refractivity contribution in [1.29, 1.82) is 0 Å². The molecular weight excluding hydrogens is 392 g/mol. The number of rotatable bonds is 2. The Morgan fingerprint density at radius 1 is 1.13 bits per heavy atom. The van der Waals surface area contributed by atoms with Crippen LogP contribution in [0.3, 0.4) is 0 Å². The van der Waals surface area contributed by atoms with Crippen LogP contribution in [0.1, 0.15) is 45.8 Å². The first-order valence-corrected chi connectivity index (χ1v) is 10.6. The molecule has 0 fully saturated rings. The fourth-order valence-electron chi connectivity index (χ4n) is 5.38. The molecule has 156 valence electrons. The van der Waals surface area contributed by atoms with Gasteiger partial charge in [0.15, 0.2) is 0 Å². The van der Waals surface area contributed by atoms with E-state index in [2.05, 4.69) is 28.8 Å². The lowest BCUT2D eigenvalue weighted by Gasteiger charge is -2.21. The molecule has 0 saturated carbocycles. The highest BCUT2D eigenvalue weighted by Gasteiger charge is 2.39. The first-order valence-electron chi connectivity index (χ1n) is 10.6. The highest BCUT2D eigenvalue weighted by molar-refractivity contribution is 6.33. The highest BCUT2D eigenvalue weighted by atomic mass is 16.3. The zero-order valence-corrected chi connectivity index (χ0v) is 17.6. The maximum atomic E-state index is 13.0. The maximum absolute atomic E-state index is 13.0. The van der Waals surface area contributed by atoms with Crippen LogP contribution in [-0.4, -0.2) is 31.3 Å². The molecule has 6 rings (SSSR count). The molecule has 7 nitrogen and oxygen atoms in total. The van der Waals surface area contributed by atoms with Crippen molar-refractivity contribution in [2.24, 2.45) is 13.0 Å². The molecule has 2 N–H and O–H groups in total. The number of aromatic nitrogens is 3. The van der Waals surface area contributed by atoms with Gasteiger partial charge in [0.1, 0.15) is 5.75 Å². The van der Waals surface area contributed by atoms with Gasteiger partial charge in [0.2, 0.25) is 0 Å². The molecule has 1 aliphatic carbocycles. The van der Waals surface area contributed by atoms with Gasteiger partial charge in [-0.25, -0.2) is 0 Å². The van der Waals surface area contributed by atoms with Gasteiger partial charge in [0.25, 0.3) is 11.8 Å². The monoisotopic (exact) mass is 414 g/mol. The highest BCUT2D eigenvalue weighted by Crippen LogP contribution is 2.47. The van der Waals surface area contributed by atoms with E-state index in [1.54, 1.807) is 16.8 Å². The van der Waals surface area contributed by atoms with Gasteiger partial charge in [-0.3, -0.25) is 19.6 Å². The van der Waals surface area contributed by atoms with E-state index in [1.807, 2.05) is 19.3 Å². The number of aryl methyl sites for hydroxylation is 3. The Balaban J connectivity index is 1.89. The summed E-state index contributed by atoms with van der Waals surface area (Å²) in [6.45, 7) is 5.09. The second-order valence-electron chi connectivity index (χ2n) is 8.98. The molecule has 3 heterocycles.